The van der Waals surface area contributed by atoms with Crippen molar-refractivity contribution in [3.63, 3.8) is 0 Å². The van der Waals surface area contributed by atoms with Gasteiger partial charge in [-0.2, -0.15) is 0 Å². The van der Waals surface area contributed by atoms with Gasteiger partial charge in [0.1, 0.15) is 0 Å². The molecule has 2 aromatic heterocycles. The first-order valence-corrected chi connectivity index (χ1v) is 8.58. The molecule has 1 atom stereocenters. The molecule has 2 saturated heterocycles. The highest BCUT2D eigenvalue weighted by atomic mass is 16.5. The van der Waals surface area contributed by atoms with Crippen LogP contribution < -0.4 is 0 Å². The molecule has 0 radical (unpaired) electrons. The van der Waals surface area contributed by atoms with E-state index in [1.165, 1.54) is 5.56 Å². The van der Waals surface area contributed by atoms with Gasteiger partial charge in [0.05, 0.1) is 24.0 Å². The molecular weight excluding hydrogens is 302 g/mol. The molecule has 4 rings (SSSR count). The molecule has 2 fully saturated rings. The van der Waals surface area contributed by atoms with Crippen LogP contribution in [0.15, 0.2) is 48.9 Å². The van der Waals surface area contributed by atoms with Gasteiger partial charge in [0.25, 0.3) is 0 Å². The molecule has 1 spiro atoms. The molecule has 2 aromatic rings. The minimum absolute atomic E-state index is 0.0179. The molecule has 0 aromatic carbocycles. The van der Waals surface area contributed by atoms with E-state index in [1.54, 1.807) is 0 Å². The lowest BCUT2D eigenvalue weighted by atomic mass is 9.84. The lowest BCUT2D eigenvalue weighted by Gasteiger charge is -2.53. The van der Waals surface area contributed by atoms with E-state index >= 15 is 0 Å². The number of pyridine rings is 2. The Morgan fingerprint density at radius 2 is 2.04 bits per heavy atom. The van der Waals surface area contributed by atoms with Gasteiger partial charge < -0.3 is 9.47 Å². The molecule has 126 valence electrons. The van der Waals surface area contributed by atoms with Gasteiger partial charge in [-0.25, -0.2) is 0 Å². The van der Waals surface area contributed by atoms with Gasteiger partial charge in [0, 0.05) is 51.3 Å². The van der Waals surface area contributed by atoms with Gasteiger partial charge in [-0.1, -0.05) is 6.07 Å². The van der Waals surface area contributed by atoms with Gasteiger partial charge in [0.2, 0.25) is 0 Å². The first-order valence-electron chi connectivity index (χ1n) is 8.58. The molecule has 0 aliphatic carbocycles. The van der Waals surface area contributed by atoms with Gasteiger partial charge in [-0.05, 0) is 36.2 Å². The number of rotatable bonds is 5. The fourth-order valence-corrected chi connectivity index (χ4v) is 3.64. The SMILES string of the molecule is c1ccc(CN2CC3(CC(OCc4ccncc4)CCO3)C2)nc1. The summed E-state index contributed by atoms with van der Waals surface area (Å²) < 4.78 is 12.2. The number of nitrogens with zero attached hydrogens (tertiary/aromatic N) is 3. The van der Waals surface area contributed by atoms with Crippen LogP contribution in [-0.4, -0.2) is 46.3 Å². The third-order valence-electron chi connectivity index (χ3n) is 4.82. The van der Waals surface area contributed by atoms with Crippen LogP contribution in [0.4, 0.5) is 0 Å². The first kappa shape index (κ1) is 15.7. The van der Waals surface area contributed by atoms with E-state index in [0.717, 1.165) is 44.8 Å². The van der Waals surface area contributed by atoms with Crippen LogP contribution >= 0.6 is 0 Å². The van der Waals surface area contributed by atoms with E-state index in [0.29, 0.717) is 6.61 Å². The third-order valence-corrected chi connectivity index (χ3v) is 4.82. The van der Waals surface area contributed by atoms with E-state index in [2.05, 4.69) is 20.9 Å². The molecule has 0 N–H and O–H groups in total. The lowest BCUT2D eigenvalue weighted by molar-refractivity contribution is -0.200. The number of likely N-dealkylation sites (tertiary alicyclic amines) is 1. The molecule has 24 heavy (non-hydrogen) atoms. The van der Waals surface area contributed by atoms with Gasteiger partial charge in [0.15, 0.2) is 0 Å². The van der Waals surface area contributed by atoms with Gasteiger partial charge in [-0.3, -0.25) is 14.9 Å². The summed E-state index contributed by atoms with van der Waals surface area (Å²) in [5.74, 6) is 0. The quantitative estimate of drug-likeness (QED) is 0.845. The second-order valence-corrected chi connectivity index (χ2v) is 6.78. The van der Waals surface area contributed by atoms with E-state index < -0.39 is 0 Å². The Kier molecular flexibility index (Phi) is 4.56. The monoisotopic (exact) mass is 325 g/mol. The molecule has 5 heteroatoms. The van der Waals surface area contributed by atoms with E-state index in [4.69, 9.17) is 9.47 Å². The van der Waals surface area contributed by atoms with Gasteiger partial charge in [-0.15, -0.1) is 0 Å². The molecule has 2 aliphatic rings. The van der Waals surface area contributed by atoms with Crippen LogP contribution in [0.5, 0.6) is 0 Å². The van der Waals surface area contributed by atoms with Crippen molar-refractivity contribution < 1.29 is 9.47 Å². The Morgan fingerprint density at radius 1 is 1.17 bits per heavy atom. The van der Waals surface area contributed by atoms with Crippen molar-refractivity contribution in [2.75, 3.05) is 19.7 Å². The average molecular weight is 325 g/mol. The van der Waals surface area contributed by atoms with Crippen LogP contribution in [0, 0.1) is 0 Å². The summed E-state index contributed by atoms with van der Waals surface area (Å²) in [7, 11) is 0. The highest BCUT2D eigenvalue weighted by molar-refractivity contribution is 5.09. The summed E-state index contributed by atoms with van der Waals surface area (Å²) in [5.41, 5.74) is 2.28. The Hall–Kier alpha value is -1.82. The Morgan fingerprint density at radius 3 is 2.83 bits per heavy atom. The largest absolute Gasteiger partial charge is 0.373 e. The van der Waals surface area contributed by atoms with Crippen molar-refractivity contribution in [3.8, 4) is 0 Å². The highest BCUT2D eigenvalue weighted by Gasteiger charge is 2.47. The minimum atomic E-state index is -0.0179. The summed E-state index contributed by atoms with van der Waals surface area (Å²) in [6.45, 7) is 4.28. The summed E-state index contributed by atoms with van der Waals surface area (Å²) in [5, 5.41) is 0. The maximum absolute atomic E-state index is 6.12. The molecule has 1 unspecified atom stereocenters. The second kappa shape index (κ2) is 6.97. The Bertz CT molecular complexity index is 644. The van der Waals surface area contributed by atoms with Crippen LogP contribution in [0.1, 0.15) is 24.1 Å². The zero-order valence-electron chi connectivity index (χ0n) is 13.8. The third kappa shape index (κ3) is 3.64. The summed E-state index contributed by atoms with van der Waals surface area (Å²) in [6.07, 6.45) is 7.72. The van der Waals surface area contributed by atoms with Crippen molar-refractivity contribution in [2.45, 2.75) is 37.7 Å². The predicted molar refractivity (Wildman–Crippen MR) is 90.2 cm³/mol. The standard InChI is InChI=1S/C19H23N3O2/c1-2-7-21-17(3-1)12-22-14-19(15-22)11-18(6-10-24-19)23-13-16-4-8-20-9-5-16/h1-5,7-9,18H,6,10-15H2. The molecule has 0 saturated carbocycles. The molecule has 0 bridgehead atoms. The summed E-state index contributed by atoms with van der Waals surface area (Å²) >= 11 is 0. The smallest absolute Gasteiger partial charge is 0.0959 e. The number of hydrogen-bond acceptors (Lipinski definition) is 5. The Balaban J connectivity index is 1.27. The van der Waals surface area contributed by atoms with Crippen molar-refractivity contribution >= 4 is 0 Å². The number of ether oxygens (including phenoxy) is 2. The fraction of sp³-hybridized carbons (Fsp3) is 0.474. The number of aromatic nitrogens is 2. The molecule has 2 aliphatic heterocycles. The predicted octanol–water partition coefficient (Wildman–Crippen LogP) is 2.43. The maximum Gasteiger partial charge on any atom is 0.0959 e. The average Bonchev–Trinajstić information content (AvgIpc) is 2.61. The zero-order valence-corrected chi connectivity index (χ0v) is 13.8. The van der Waals surface area contributed by atoms with Crippen LogP contribution in [0.25, 0.3) is 0 Å². The maximum atomic E-state index is 6.12. The van der Waals surface area contributed by atoms with E-state index in [9.17, 15) is 0 Å². The summed E-state index contributed by atoms with van der Waals surface area (Å²) in [6, 6.07) is 10.1. The van der Waals surface area contributed by atoms with Crippen LogP contribution in [-0.2, 0) is 22.6 Å². The van der Waals surface area contributed by atoms with Crippen LogP contribution in [0.2, 0.25) is 0 Å². The normalized spacial score (nSPS) is 23.1. The Labute approximate surface area is 142 Å². The molecule has 4 heterocycles. The van der Waals surface area contributed by atoms with Crippen LogP contribution in [0.3, 0.4) is 0 Å². The molecular formula is C19H23N3O2. The highest BCUT2D eigenvalue weighted by Crippen LogP contribution is 2.36. The van der Waals surface area contributed by atoms with Crippen molar-refractivity contribution in [2.24, 2.45) is 0 Å². The second-order valence-electron chi connectivity index (χ2n) is 6.78. The summed E-state index contributed by atoms with van der Waals surface area (Å²) in [4.78, 5) is 10.8. The molecule has 0 amide bonds. The minimum Gasteiger partial charge on any atom is -0.373 e. The zero-order chi connectivity index (χ0) is 16.2. The van der Waals surface area contributed by atoms with Crippen molar-refractivity contribution in [1.82, 2.24) is 14.9 Å². The topological polar surface area (TPSA) is 47.5 Å². The fourth-order valence-electron chi connectivity index (χ4n) is 3.64. The van der Waals surface area contributed by atoms with Gasteiger partial charge >= 0.3 is 0 Å². The lowest BCUT2D eigenvalue weighted by Crippen LogP contribution is -2.65. The van der Waals surface area contributed by atoms with Crippen molar-refractivity contribution in [1.29, 1.82) is 0 Å². The van der Waals surface area contributed by atoms with Crippen molar-refractivity contribution in [3.05, 3.63) is 60.2 Å². The first-order chi connectivity index (χ1) is 11.8. The molecule has 5 nitrogen and oxygen atoms in total. The number of hydrogen-bond donors (Lipinski definition) is 0. The van der Waals surface area contributed by atoms with E-state index in [1.807, 2.05) is 42.9 Å². The van der Waals surface area contributed by atoms with E-state index in [-0.39, 0.29) is 11.7 Å².